The number of fused-ring (bicyclic) bond motifs is 2. The first kappa shape index (κ1) is 13.9. The van der Waals surface area contributed by atoms with E-state index in [2.05, 4.69) is 5.32 Å². The van der Waals surface area contributed by atoms with Gasteiger partial charge in [-0.1, -0.05) is 0 Å². The number of nitrogens with zero attached hydrogens (tertiary/aromatic N) is 1. The quantitative estimate of drug-likeness (QED) is 0.853. The number of hydrogen-bond donors (Lipinski definition) is 2. The average Bonchev–Trinajstić information content (AvgIpc) is 3.00. The van der Waals surface area contributed by atoms with Crippen LogP contribution in [0.5, 0.6) is 0 Å². The van der Waals surface area contributed by atoms with Crippen molar-refractivity contribution < 1.29 is 19.1 Å². The van der Waals surface area contributed by atoms with Crippen molar-refractivity contribution in [3.05, 3.63) is 18.2 Å². The molecule has 4 heterocycles. The molecule has 2 bridgehead atoms. The maximum absolute atomic E-state index is 11.5. The summed E-state index contributed by atoms with van der Waals surface area (Å²) in [6.45, 7) is 0.546. The maximum atomic E-state index is 11.5. The van der Waals surface area contributed by atoms with Crippen LogP contribution in [-0.2, 0) is 19.1 Å². The normalized spacial score (nSPS) is 28.8. The molecule has 3 N–H and O–H groups in total. The number of primary amides is 1. The number of carbonyl (C=O) groups excluding carboxylic acids is 2. The van der Waals surface area contributed by atoms with Gasteiger partial charge in [-0.3, -0.25) is 9.59 Å². The van der Waals surface area contributed by atoms with Crippen LogP contribution < -0.4 is 16.0 Å². The Bertz CT molecular complexity index is 659. The van der Waals surface area contributed by atoms with Crippen molar-refractivity contribution >= 4 is 35.0 Å². The average molecular weight is 321 g/mol. The summed E-state index contributed by atoms with van der Waals surface area (Å²) in [5, 5.41) is 2.87. The molecule has 8 heteroatoms. The molecule has 5 rings (SSSR count). The summed E-state index contributed by atoms with van der Waals surface area (Å²) in [5.41, 5.74) is 6.91. The van der Waals surface area contributed by atoms with E-state index in [1.807, 2.05) is 23.1 Å². The minimum Gasteiger partial charge on any atom is -0.370 e. The topological polar surface area (TPSA) is 93.9 Å². The van der Waals surface area contributed by atoms with Gasteiger partial charge in [-0.05, 0) is 18.2 Å². The largest absolute Gasteiger partial charge is 0.370 e. The van der Waals surface area contributed by atoms with Crippen LogP contribution in [0.25, 0.3) is 0 Å². The standard InChI is InChI=1S/C14H15N3O4S/c15-11(18)3-4-14-7-17(13(20-14)21-14)8-1-2-10-9(5-8)16-12(19)6-22-10/h1-2,5,13H,3-4,6-7H2,(H2,15,18)(H,16,19). The maximum Gasteiger partial charge on any atom is 0.245 e. The van der Waals surface area contributed by atoms with Crippen LogP contribution in [0.3, 0.4) is 0 Å². The first-order chi connectivity index (χ1) is 10.5. The molecule has 7 nitrogen and oxygen atoms in total. The molecule has 2 amide bonds. The van der Waals surface area contributed by atoms with Crippen LogP contribution in [0, 0.1) is 0 Å². The number of rotatable bonds is 4. The lowest BCUT2D eigenvalue weighted by atomic mass is 10.1. The summed E-state index contributed by atoms with van der Waals surface area (Å²) >= 11 is 1.53. The van der Waals surface area contributed by atoms with Gasteiger partial charge in [0.15, 0.2) is 5.79 Å². The summed E-state index contributed by atoms with van der Waals surface area (Å²) in [7, 11) is 0. The van der Waals surface area contributed by atoms with Crippen molar-refractivity contribution in [3.63, 3.8) is 0 Å². The van der Waals surface area contributed by atoms with Crippen molar-refractivity contribution in [3.8, 4) is 0 Å². The van der Waals surface area contributed by atoms with Gasteiger partial charge >= 0.3 is 0 Å². The van der Waals surface area contributed by atoms with E-state index in [0.717, 1.165) is 16.3 Å². The number of anilines is 2. The fraction of sp³-hybridized carbons (Fsp3) is 0.429. The third-order valence-electron chi connectivity index (χ3n) is 3.98. The number of carbonyl (C=O) groups is 2. The Hall–Kier alpha value is -1.77. The fourth-order valence-electron chi connectivity index (χ4n) is 2.89. The van der Waals surface area contributed by atoms with Crippen molar-refractivity contribution in [2.24, 2.45) is 5.73 Å². The van der Waals surface area contributed by atoms with Gasteiger partial charge in [0, 0.05) is 23.4 Å². The van der Waals surface area contributed by atoms with Gasteiger partial charge in [-0.25, -0.2) is 0 Å². The van der Waals surface area contributed by atoms with Crippen molar-refractivity contribution in [1.29, 1.82) is 0 Å². The van der Waals surface area contributed by atoms with Crippen LogP contribution >= 0.6 is 11.8 Å². The number of hydrogen-bond acceptors (Lipinski definition) is 6. The van der Waals surface area contributed by atoms with Gasteiger partial charge in [0.25, 0.3) is 0 Å². The highest BCUT2D eigenvalue weighted by atomic mass is 32.2. The third kappa shape index (κ3) is 2.23. The number of nitrogens with one attached hydrogen (secondary N) is 1. The van der Waals surface area contributed by atoms with Crippen LogP contribution in [0.1, 0.15) is 12.8 Å². The fourth-order valence-corrected chi connectivity index (χ4v) is 3.67. The van der Waals surface area contributed by atoms with E-state index in [9.17, 15) is 9.59 Å². The van der Waals surface area contributed by atoms with Crippen LogP contribution in [0.4, 0.5) is 11.4 Å². The SMILES string of the molecule is NC(=O)CCC12CN(c3ccc4c(c3)NC(=O)CS4)C(O1)O2. The van der Waals surface area contributed by atoms with Crippen LogP contribution in [0.15, 0.2) is 23.1 Å². The van der Waals surface area contributed by atoms with Gasteiger partial charge in [0.05, 0.1) is 18.0 Å². The molecule has 0 atom stereocenters. The van der Waals surface area contributed by atoms with E-state index in [1.165, 1.54) is 11.8 Å². The summed E-state index contributed by atoms with van der Waals surface area (Å²) in [6.07, 6.45) is 0.252. The molecule has 0 saturated carbocycles. The van der Waals surface area contributed by atoms with Gasteiger partial charge in [-0.2, -0.15) is 0 Å². The van der Waals surface area contributed by atoms with E-state index in [-0.39, 0.29) is 18.2 Å². The Morgan fingerprint density at radius 3 is 3.09 bits per heavy atom. The Morgan fingerprint density at radius 2 is 2.32 bits per heavy atom. The second-order valence-electron chi connectivity index (χ2n) is 5.56. The molecule has 22 heavy (non-hydrogen) atoms. The summed E-state index contributed by atoms with van der Waals surface area (Å²) in [6, 6.07) is 5.90. The molecule has 0 spiro atoms. The van der Waals surface area contributed by atoms with Gasteiger partial charge in [-0.15, -0.1) is 11.8 Å². The molecule has 3 saturated heterocycles. The zero-order valence-electron chi connectivity index (χ0n) is 11.7. The van der Waals surface area contributed by atoms with Gasteiger partial charge in [0.1, 0.15) is 0 Å². The van der Waals surface area contributed by atoms with Crippen molar-refractivity contribution in [2.75, 3.05) is 22.5 Å². The van der Waals surface area contributed by atoms with Crippen LogP contribution in [0.2, 0.25) is 0 Å². The molecule has 116 valence electrons. The predicted octanol–water partition coefficient (Wildman–Crippen LogP) is 0.843. The van der Waals surface area contributed by atoms with E-state index in [4.69, 9.17) is 15.2 Å². The zero-order valence-corrected chi connectivity index (χ0v) is 12.5. The lowest BCUT2D eigenvalue weighted by Gasteiger charge is -2.37. The van der Waals surface area contributed by atoms with Gasteiger partial charge in [0.2, 0.25) is 18.2 Å². The number of benzene rings is 1. The van der Waals surface area contributed by atoms with E-state index < -0.39 is 12.2 Å². The molecule has 1 aromatic carbocycles. The first-order valence-corrected chi connectivity index (χ1v) is 8.01. The Labute approximate surface area is 131 Å². The number of nitrogens with two attached hydrogens (primary N) is 1. The highest BCUT2D eigenvalue weighted by Gasteiger charge is 2.58. The molecule has 0 radical (unpaired) electrons. The lowest BCUT2D eigenvalue weighted by Crippen LogP contribution is -2.47. The molecule has 0 unspecified atom stereocenters. The van der Waals surface area contributed by atoms with E-state index in [0.29, 0.717) is 18.7 Å². The minimum absolute atomic E-state index is 0.00537. The summed E-state index contributed by atoms with van der Waals surface area (Å²) in [4.78, 5) is 25.4. The lowest BCUT2D eigenvalue weighted by molar-refractivity contribution is -0.406. The molecule has 3 fully saturated rings. The highest BCUT2D eigenvalue weighted by Crippen LogP contribution is 2.46. The molecule has 0 aromatic heterocycles. The van der Waals surface area contributed by atoms with E-state index >= 15 is 0 Å². The Balaban J connectivity index is 1.51. The second kappa shape index (κ2) is 4.87. The second-order valence-corrected chi connectivity index (χ2v) is 6.58. The summed E-state index contributed by atoms with van der Waals surface area (Å²) in [5.74, 6) is -0.642. The van der Waals surface area contributed by atoms with Crippen molar-refractivity contribution in [1.82, 2.24) is 0 Å². The third-order valence-corrected chi connectivity index (χ3v) is 5.05. The Morgan fingerprint density at radius 1 is 1.50 bits per heavy atom. The zero-order chi connectivity index (χ0) is 15.3. The van der Waals surface area contributed by atoms with Gasteiger partial charge < -0.3 is 25.4 Å². The van der Waals surface area contributed by atoms with Crippen LogP contribution in [-0.4, -0.2) is 36.3 Å². The molecule has 4 aliphatic heterocycles. The summed E-state index contributed by atoms with van der Waals surface area (Å²) < 4.78 is 11.4. The van der Waals surface area contributed by atoms with Crippen molar-refractivity contribution in [2.45, 2.75) is 29.9 Å². The molecule has 1 aromatic rings. The monoisotopic (exact) mass is 321 g/mol. The highest BCUT2D eigenvalue weighted by molar-refractivity contribution is 8.00. The molecule has 4 aliphatic rings. The number of amides is 2. The van der Waals surface area contributed by atoms with E-state index in [1.54, 1.807) is 0 Å². The number of ether oxygens (including phenoxy) is 2. The molecular weight excluding hydrogens is 306 g/mol. The minimum atomic E-state index is -0.729. The molecular formula is C14H15N3O4S. The number of thioether (sulfide) groups is 1. The predicted molar refractivity (Wildman–Crippen MR) is 80.3 cm³/mol. The Kier molecular flexibility index (Phi) is 3.07. The smallest absolute Gasteiger partial charge is 0.245 e. The molecule has 0 aliphatic carbocycles. The first-order valence-electron chi connectivity index (χ1n) is 7.02.